The highest BCUT2D eigenvalue weighted by molar-refractivity contribution is 5.76. The number of carbonyl (C=O) groups is 1. The molecule has 0 unspecified atom stereocenters. The summed E-state index contributed by atoms with van der Waals surface area (Å²) in [6.07, 6.45) is 7.94. The van der Waals surface area contributed by atoms with Gasteiger partial charge in [-0.1, -0.05) is 30.3 Å². The normalized spacial score (nSPS) is 22.3. The summed E-state index contributed by atoms with van der Waals surface area (Å²) in [6.45, 7) is 4.96. The molecule has 1 amide bonds. The summed E-state index contributed by atoms with van der Waals surface area (Å²) in [4.78, 5) is 17.0. The maximum absolute atomic E-state index is 12.5. The van der Waals surface area contributed by atoms with Crippen LogP contribution in [0.4, 0.5) is 0 Å². The number of nitrogens with zero attached hydrogens (tertiary/aromatic N) is 2. The van der Waals surface area contributed by atoms with Crippen LogP contribution in [0.15, 0.2) is 30.3 Å². The average Bonchev–Trinajstić information content (AvgIpc) is 2.69. The largest absolute Gasteiger partial charge is 0.378 e. The highest BCUT2D eigenvalue weighted by Gasteiger charge is 2.23. The molecule has 2 fully saturated rings. The van der Waals surface area contributed by atoms with E-state index in [1.807, 2.05) is 11.9 Å². The Balaban J connectivity index is 1.33. The van der Waals surface area contributed by atoms with Crippen LogP contribution in [-0.4, -0.2) is 55.1 Å². The van der Waals surface area contributed by atoms with Gasteiger partial charge in [0.05, 0.1) is 6.10 Å². The summed E-state index contributed by atoms with van der Waals surface area (Å²) in [5, 5.41) is 0. The van der Waals surface area contributed by atoms with Crippen LogP contribution >= 0.6 is 0 Å². The zero-order chi connectivity index (χ0) is 18.2. The van der Waals surface area contributed by atoms with Gasteiger partial charge in [-0.25, -0.2) is 0 Å². The Morgan fingerprint density at radius 2 is 1.92 bits per heavy atom. The molecule has 1 aromatic carbocycles. The van der Waals surface area contributed by atoms with E-state index in [-0.39, 0.29) is 0 Å². The highest BCUT2D eigenvalue weighted by atomic mass is 16.5. The topological polar surface area (TPSA) is 32.8 Å². The smallest absolute Gasteiger partial charge is 0.222 e. The Labute approximate surface area is 158 Å². The standard InChI is InChI=1S/C22H34N2O2/c1-23(13-12-21-9-5-6-16-26-21)22(25)17-19-10-14-24(15-11-19)18-20-7-3-2-4-8-20/h2-4,7-8,19,21H,5-6,9-18H2,1H3/t21-/m1/s1. The third kappa shape index (κ3) is 6.10. The van der Waals surface area contributed by atoms with Gasteiger partial charge in [0.1, 0.15) is 0 Å². The quantitative estimate of drug-likeness (QED) is 0.745. The summed E-state index contributed by atoms with van der Waals surface area (Å²) in [6, 6.07) is 10.7. The number of hydrogen-bond donors (Lipinski definition) is 0. The van der Waals surface area contributed by atoms with Crippen LogP contribution in [0.3, 0.4) is 0 Å². The molecule has 0 saturated carbocycles. The minimum Gasteiger partial charge on any atom is -0.378 e. The minimum atomic E-state index is 0.308. The predicted molar refractivity (Wildman–Crippen MR) is 105 cm³/mol. The van der Waals surface area contributed by atoms with Crippen LogP contribution < -0.4 is 0 Å². The van der Waals surface area contributed by atoms with Crippen LogP contribution in [-0.2, 0) is 16.1 Å². The van der Waals surface area contributed by atoms with Crippen LogP contribution in [0.25, 0.3) is 0 Å². The van der Waals surface area contributed by atoms with E-state index in [1.54, 1.807) is 0 Å². The Kier molecular flexibility index (Phi) is 7.51. The van der Waals surface area contributed by atoms with Crippen molar-refractivity contribution in [3.05, 3.63) is 35.9 Å². The molecule has 1 atom stereocenters. The molecule has 2 aliphatic heterocycles. The summed E-state index contributed by atoms with van der Waals surface area (Å²) in [5.41, 5.74) is 1.38. The van der Waals surface area contributed by atoms with Crippen molar-refractivity contribution in [3.63, 3.8) is 0 Å². The second-order valence-corrected chi connectivity index (χ2v) is 8.00. The van der Waals surface area contributed by atoms with Crippen LogP contribution in [0.1, 0.15) is 50.5 Å². The van der Waals surface area contributed by atoms with E-state index in [2.05, 4.69) is 35.2 Å². The molecule has 1 aromatic rings. The first kappa shape index (κ1) is 19.4. The number of piperidine rings is 1. The van der Waals surface area contributed by atoms with Crippen molar-refractivity contribution < 1.29 is 9.53 Å². The van der Waals surface area contributed by atoms with Gasteiger partial charge in [0.25, 0.3) is 0 Å². The van der Waals surface area contributed by atoms with Crippen molar-refractivity contribution in [1.82, 2.24) is 9.80 Å². The van der Waals surface area contributed by atoms with Gasteiger partial charge in [-0.05, 0) is 63.1 Å². The zero-order valence-electron chi connectivity index (χ0n) is 16.2. The lowest BCUT2D eigenvalue weighted by molar-refractivity contribution is -0.131. The fraction of sp³-hybridized carbons (Fsp3) is 0.682. The molecule has 4 nitrogen and oxygen atoms in total. The van der Waals surface area contributed by atoms with Crippen molar-refractivity contribution in [1.29, 1.82) is 0 Å². The second kappa shape index (κ2) is 10.1. The van der Waals surface area contributed by atoms with Crippen molar-refractivity contribution in [3.8, 4) is 0 Å². The van der Waals surface area contributed by atoms with Crippen LogP contribution in [0.2, 0.25) is 0 Å². The Hall–Kier alpha value is -1.39. The van der Waals surface area contributed by atoms with Crippen molar-refractivity contribution in [2.45, 2.75) is 57.6 Å². The molecule has 3 rings (SSSR count). The molecule has 0 bridgehead atoms. The molecular formula is C22H34N2O2. The third-order valence-electron chi connectivity index (χ3n) is 5.91. The van der Waals surface area contributed by atoms with E-state index < -0.39 is 0 Å². The molecule has 0 aromatic heterocycles. The number of ether oxygens (including phenoxy) is 1. The molecule has 4 heteroatoms. The van der Waals surface area contributed by atoms with Crippen molar-refractivity contribution >= 4 is 5.91 Å². The number of benzene rings is 1. The molecule has 2 aliphatic rings. The third-order valence-corrected chi connectivity index (χ3v) is 5.91. The molecule has 0 radical (unpaired) electrons. The van der Waals surface area contributed by atoms with Gasteiger partial charge in [-0.3, -0.25) is 9.69 Å². The van der Waals surface area contributed by atoms with Gasteiger partial charge < -0.3 is 9.64 Å². The summed E-state index contributed by atoms with van der Waals surface area (Å²) in [5.74, 6) is 0.852. The average molecular weight is 359 g/mol. The summed E-state index contributed by atoms with van der Waals surface area (Å²) in [7, 11) is 1.95. The monoisotopic (exact) mass is 358 g/mol. The first-order chi connectivity index (χ1) is 12.7. The maximum Gasteiger partial charge on any atom is 0.222 e. The molecule has 2 saturated heterocycles. The lowest BCUT2D eigenvalue weighted by atomic mass is 9.92. The molecule has 2 heterocycles. The van der Waals surface area contributed by atoms with Gasteiger partial charge in [0.2, 0.25) is 5.91 Å². The SMILES string of the molecule is CN(CC[C@H]1CCCCO1)C(=O)CC1CCN(Cc2ccccc2)CC1. The minimum absolute atomic E-state index is 0.308. The lowest BCUT2D eigenvalue weighted by Crippen LogP contribution is -2.37. The van der Waals surface area contributed by atoms with E-state index in [9.17, 15) is 4.79 Å². The van der Waals surface area contributed by atoms with E-state index in [4.69, 9.17) is 4.74 Å². The maximum atomic E-state index is 12.5. The van der Waals surface area contributed by atoms with E-state index in [1.165, 1.54) is 18.4 Å². The summed E-state index contributed by atoms with van der Waals surface area (Å²) >= 11 is 0. The Morgan fingerprint density at radius 3 is 2.62 bits per heavy atom. The van der Waals surface area contributed by atoms with Gasteiger partial charge in [-0.15, -0.1) is 0 Å². The predicted octanol–water partition coefficient (Wildman–Crippen LogP) is 3.71. The molecule has 0 N–H and O–H groups in total. The molecular weight excluding hydrogens is 324 g/mol. The summed E-state index contributed by atoms with van der Waals surface area (Å²) < 4.78 is 5.78. The molecule has 0 aliphatic carbocycles. The molecule has 26 heavy (non-hydrogen) atoms. The number of amides is 1. The van der Waals surface area contributed by atoms with E-state index in [0.717, 1.165) is 58.5 Å². The van der Waals surface area contributed by atoms with Crippen LogP contribution in [0, 0.1) is 5.92 Å². The van der Waals surface area contributed by atoms with E-state index in [0.29, 0.717) is 24.3 Å². The Bertz CT molecular complexity index is 534. The molecule has 144 valence electrons. The van der Waals surface area contributed by atoms with Gasteiger partial charge in [-0.2, -0.15) is 0 Å². The first-order valence-electron chi connectivity index (χ1n) is 10.3. The second-order valence-electron chi connectivity index (χ2n) is 8.00. The van der Waals surface area contributed by atoms with Crippen LogP contribution in [0.5, 0.6) is 0 Å². The fourth-order valence-corrected chi connectivity index (χ4v) is 4.09. The Morgan fingerprint density at radius 1 is 1.15 bits per heavy atom. The van der Waals surface area contributed by atoms with Gasteiger partial charge in [0, 0.05) is 33.2 Å². The highest BCUT2D eigenvalue weighted by Crippen LogP contribution is 2.23. The van der Waals surface area contributed by atoms with Crippen molar-refractivity contribution in [2.24, 2.45) is 5.92 Å². The first-order valence-corrected chi connectivity index (χ1v) is 10.3. The number of carbonyl (C=O) groups excluding carboxylic acids is 1. The van der Waals surface area contributed by atoms with Gasteiger partial charge >= 0.3 is 0 Å². The van der Waals surface area contributed by atoms with Crippen molar-refractivity contribution in [2.75, 3.05) is 33.3 Å². The lowest BCUT2D eigenvalue weighted by Gasteiger charge is -2.32. The number of hydrogen-bond acceptors (Lipinski definition) is 3. The van der Waals surface area contributed by atoms with E-state index >= 15 is 0 Å². The number of rotatable bonds is 7. The van der Waals surface area contributed by atoms with Gasteiger partial charge in [0.15, 0.2) is 0 Å². The number of likely N-dealkylation sites (tertiary alicyclic amines) is 1. The fourth-order valence-electron chi connectivity index (χ4n) is 4.09. The zero-order valence-corrected chi connectivity index (χ0v) is 16.2. The molecule has 0 spiro atoms.